The fourth-order valence-corrected chi connectivity index (χ4v) is 10.3. The topological polar surface area (TPSA) is 237 Å². The standard InChI is InChI=1S/C24H38O6S3.C24H32O6S3.C15H26O6S3/c2*1-4-7-10-13-31-18-22(25)28-16-21(30-24(27)20-33-15-12-9-6-3)17-29-23(26)19-32-14-11-8-5-2;1-4-22-9-13(16)19-7-12(21-15(18)11-24-6-3)8-20-14(17)10-23-5-2/h7-12,21H,4-6,13-20H2,1-3H3;21H,4-6,13-20H2,1-3H3;12H,4-11H2,1-3H3/b10-7-,11-8-,12-9-;;. The second-order valence-corrected chi connectivity index (χ2v) is 27.0. The van der Waals surface area contributed by atoms with Crippen LogP contribution in [0.2, 0.25) is 0 Å². The minimum Gasteiger partial charge on any atom is -0.461 e. The molecule has 0 rings (SSSR count). The lowest BCUT2D eigenvalue weighted by Crippen LogP contribution is -2.32. The summed E-state index contributed by atoms with van der Waals surface area (Å²) in [5.41, 5.74) is 0. The van der Waals surface area contributed by atoms with E-state index in [0.29, 0.717) is 23.0 Å². The van der Waals surface area contributed by atoms with Crippen molar-refractivity contribution in [3.63, 3.8) is 0 Å². The van der Waals surface area contributed by atoms with Gasteiger partial charge < -0.3 is 42.6 Å². The van der Waals surface area contributed by atoms with Crippen molar-refractivity contribution in [3.8, 4) is 35.5 Å². The monoisotopic (exact) mass is 1430 g/mol. The van der Waals surface area contributed by atoms with Crippen LogP contribution in [0, 0.1) is 35.5 Å². The minimum atomic E-state index is -0.873. The molecular weight excluding hydrogens is 1330 g/mol. The molecule has 0 heterocycles. The van der Waals surface area contributed by atoms with Crippen molar-refractivity contribution in [1.29, 1.82) is 0 Å². The molecule has 0 aromatic heterocycles. The van der Waals surface area contributed by atoms with Gasteiger partial charge in [0.15, 0.2) is 18.3 Å². The highest BCUT2D eigenvalue weighted by Crippen LogP contribution is 2.11. The number of hydrogen-bond acceptors (Lipinski definition) is 27. The van der Waals surface area contributed by atoms with Gasteiger partial charge in [-0.1, -0.05) is 117 Å². The fourth-order valence-electron chi connectivity index (χ4n) is 5.35. The number of hydrogen-bond donors (Lipinski definition) is 0. The van der Waals surface area contributed by atoms with Crippen LogP contribution in [0.3, 0.4) is 0 Å². The van der Waals surface area contributed by atoms with E-state index in [4.69, 9.17) is 42.6 Å². The number of esters is 9. The first kappa shape index (κ1) is 90.5. The van der Waals surface area contributed by atoms with Crippen LogP contribution in [-0.2, 0) is 85.8 Å². The summed E-state index contributed by atoms with van der Waals surface area (Å²) in [5, 5.41) is 0. The predicted molar refractivity (Wildman–Crippen MR) is 381 cm³/mol. The Hall–Kier alpha value is -3.72. The molecule has 0 unspecified atom stereocenters. The Kier molecular flexibility index (Phi) is 71.5. The van der Waals surface area contributed by atoms with Gasteiger partial charge in [-0.3, -0.25) is 43.2 Å². The molecule has 510 valence electrons. The van der Waals surface area contributed by atoms with Gasteiger partial charge in [-0.2, -0.15) is 35.3 Å². The maximum absolute atomic E-state index is 12.1. The summed E-state index contributed by atoms with van der Waals surface area (Å²) >= 11 is 12.7. The Bertz CT molecular complexity index is 2130. The third kappa shape index (κ3) is 68.6. The van der Waals surface area contributed by atoms with E-state index >= 15 is 0 Å². The van der Waals surface area contributed by atoms with E-state index in [9.17, 15) is 43.2 Å². The Morgan fingerprint density at radius 1 is 0.278 bits per heavy atom. The van der Waals surface area contributed by atoms with Crippen LogP contribution >= 0.6 is 106 Å². The van der Waals surface area contributed by atoms with Gasteiger partial charge in [0.25, 0.3) is 0 Å². The van der Waals surface area contributed by atoms with Gasteiger partial charge in [0.1, 0.15) is 39.6 Å². The first-order chi connectivity index (χ1) is 43.6. The SMILES string of the molecule is CC/C=C\CSCC(=O)OCC(COC(=O)CSC/C=C\CC)OC(=O)CSC/C=C\CC.CCC#CCSCC(=O)OCC(COC(=O)CSCC#CCC)OC(=O)CSCC#CCC.CCSCC(=O)OCC(COC(=O)CSCC)OC(=O)CSCC. The number of carbonyl (C=O) groups excluding carboxylic acids is 9. The van der Waals surface area contributed by atoms with Gasteiger partial charge in [0, 0.05) is 36.5 Å². The van der Waals surface area contributed by atoms with E-state index in [1.165, 1.54) is 106 Å². The Labute approximate surface area is 575 Å². The number of carbonyl (C=O) groups is 9. The first-order valence-corrected chi connectivity index (χ1v) is 40.0. The maximum atomic E-state index is 12.1. The van der Waals surface area contributed by atoms with Crippen LogP contribution < -0.4 is 0 Å². The summed E-state index contributed by atoms with van der Waals surface area (Å²) in [6.07, 6.45) is 14.8. The Balaban J connectivity index is -0.00000128. The third-order valence-corrected chi connectivity index (χ3v) is 16.9. The molecule has 0 radical (unpaired) electrons. The summed E-state index contributed by atoms with van der Waals surface area (Å²) in [4.78, 5) is 107. The van der Waals surface area contributed by atoms with Crippen LogP contribution in [0.1, 0.15) is 101 Å². The second-order valence-electron chi connectivity index (χ2n) is 17.1. The molecule has 0 saturated carbocycles. The number of rotatable bonds is 48. The zero-order chi connectivity index (χ0) is 67.4. The van der Waals surface area contributed by atoms with Gasteiger partial charge in [-0.15, -0.1) is 88.3 Å². The van der Waals surface area contributed by atoms with E-state index in [-0.39, 0.29) is 103 Å². The Morgan fingerprint density at radius 2 is 0.489 bits per heavy atom. The zero-order valence-electron chi connectivity index (χ0n) is 53.9. The summed E-state index contributed by atoms with van der Waals surface area (Å²) < 4.78 is 47.0. The largest absolute Gasteiger partial charge is 0.461 e. The van der Waals surface area contributed by atoms with Crippen molar-refractivity contribution in [1.82, 2.24) is 0 Å². The molecule has 0 amide bonds. The van der Waals surface area contributed by atoms with Crippen LogP contribution in [0.4, 0.5) is 0 Å². The summed E-state index contributed by atoms with van der Waals surface area (Å²) in [6.45, 7) is 17.0. The lowest BCUT2D eigenvalue weighted by atomic mass is 10.4. The van der Waals surface area contributed by atoms with Crippen LogP contribution in [-0.4, -0.2) is 215 Å². The fraction of sp³-hybridized carbons (Fsp3) is 0.667. The van der Waals surface area contributed by atoms with Gasteiger partial charge in [0.2, 0.25) is 0 Å². The number of ether oxygens (including phenoxy) is 9. The average molecular weight is 1430 g/mol. The molecule has 0 spiro atoms. The van der Waals surface area contributed by atoms with Crippen LogP contribution in [0.25, 0.3) is 0 Å². The molecule has 27 heteroatoms. The number of thioether (sulfide) groups is 9. The molecule has 90 heavy (non-hydrogen) atoms. The van der Waals surface area contributed by atoms with Crippen molar-refractivity contribution in [2.75, 3.05) is 143 Å². The van der Waals surface area contributed by atoms with E-state index in [0.717, 1.165) is 67.3 Å². The molecule has 18 nitrogen and oxygen atoms in total. The molecule has 0 atom stereocenters. The smallest absolute Gasteiger partial charge is 0.316 e. The second kappa shape index (κ2) is 71.1. The van der Waals surface area contributed by atoms with Crippen molar-refractivity contribution < 1.29 is 85.8 Å². The highest BCUT2D eigenvalue weighted by atomic mass is 32.2. The predicted octanol–water partition coefficient (Wildman–Crippen LogP) is 10.8. The highest BCUT2D eigenvalue weighted by molar-refractivity contribution is 8.01. The van der Waals surface area contributed by atoms with E-state index in [1.54, 1.807) is 0 Å². The highest BCUT2D eigenvalue weighted by Gasteiger charge is 2.23. The molecule has 0 N–H and O–H groups in total. The molecule has 0 aromatic carbocycles. The third-order valence-electron chi connectivity index (χ3n) is 9.34. The number of allylic oxidation sites excluding steroid dienone is 3. The normalized spacial score (nSPS) is 10.5. The van der Waals surface area contributed by atoms with Crippen molar-refractivity contribution in [2.45, 2.75) is 119 Å². The summed E-state index contributed by atoms with van der Waals surface area (Å²) in [6, 6.07) is 0. The Morgan fingerprint density at radius 3 is 0.722 bits per heavy atom. The lowest BCUT2D eigenvalue weighted by Gasteiger charge is -2.18. The van der Waals surface area contributed by atoms with Crippen LogP contribution in [0.5, 0.6) is 0 Å². The summed E-state index contributed by atoms with van der Waals surface area (Å²) in [5.74, 6) is 21.7. The van der Waals surface area contributed by atoms with Gasteiger partial charge >= 0.3 is 53.7 Å². The molecule has 0 aliphatic rings. The van der Waals surface area contributed by atoms with Gasteiger partial charge in [-0.05, 0) is 36.5 Å². The molecular formula is C63H96O18S9. The minimum absolute atomic E-state index is 0.106. The summed E-state index contributed by atoms with van der Waals surface area (Å²) in [7, 11) is 0. The average Bonchev–Trinajstić information content (AvgIpc) is 3.72. The zero-order valence-corrected chi connectivity index (χ0v) is 61.3. The van der Waals surface area contributed by atoms with Crippen LogP contribution in [0.15, 0.2) is 36.5 Å². The van der Waals surface area contributed by atoms with E-state index in [2.05, 4.69) is 35.5 Å². The molecule has 0 fully saturated rings. The first-order valence-electron chi connectivity index (χ1n) is 29.6. The molecule has 0 saturated heterocycles. The molecule has 0 aliphatic carbocycles. The molecule has 0 bridgehead atoms. The van der Waals surface area contributed by atoms with Crippen molar-refractivity contribution in [3.05, 3.63) is 36.5 Å². The van der Waals surface area contributed by atoms with Crippen molar-refractivity contribution in [2.24, 2.45) is 0 Å². The lowest BCUT2D eigenvalue weighted by molar-refractivity contribution is -0.163. The van der Waals surface area contributed by atoms with Gasteiger partial charge in [0.05, 0.1) is 69.0 Å². The van der Waals surface area contributed by atoms with Crippen molar-refractivity contribution >= 4 is 160 Å². The molecule has 0 aliphatic heterocycles. The quantitative estimate of drug-likeness (QED) is 0.0181. The maximum Gasteiger partial charge on any atom is 0.316 e. The van der Waals surface area contributed by atoms with E-state index in [1.807, 2.05) is 98.8 Å². The molecule has 0 aromatic rings. The van der Waals surface area contributed by atoms with E-state index < -0.39 is 60.1 Å². The van der Waals surface area contributed by atoms with Gasteiger partial charge in [-0.25, -0.2) is 0 Å².